The summed E-state index contributed by atoms with van der Waals surface area (Å²) in [7, 11) is 3.30. The van der Waals surface area contributed by atoms with Crippen molar-refractivity contribution in [1.82, 2.24) is 0 Å². The van der Waals surface area contributed by atoms with Gasteiger partial charge in [0, 0.05) is 14.2 Å². The zero-order valence-corrected chi connectivity index (χ0v) is 12.3. The first-order chi connectivity index (χ1) is 8.60. The van der Waals surface area contributed by atoms with Crippen LogP contribution in [0.3, 0.4) is 0 Å². The summed E-state index contributed by atoms with van der Waals surface area (Å²) in [6.07, 6.45) is 0. The first-order valence-corrected chi connectivity index (χ1v) is 6.20. The molecule has 0 aliphatic carbocycles. The van der Waals surface area contributed by atoms with Gasteiger partial charge in [-0.05, 0) is 20.8 Å². The molecule has 3 heteroatoms. The molecule has 0 heterocycles. The van der Waals surface area contributed by atoms with E-state index in [1.165, 1.54) is 16.7 Å². The van der Waals surface area contributed by atoms with Crippen molar-refractivity contribution < 1.29 is 14.2 Å². The minimum atomic E-state index is 0.653. The molecule has 0 atom stereocenters. The first kappa shape index (κ1) is 17.1. The summed E-state index contributed by atoms with van der Waals surface area (Å²) in [5.41, 5.74) is 4.06. The van der Waals surface area contributed by atoms with E-state index < -0.39 is 0 Å². The van der Waals surface area contributed by atoms with Crippen LogP contribution < -0.4 is 0 Å². The number of hydrogen-bond donors (Lipinski definition) is 0. The van der Waals surface area contributed by atoms with E-state index in [-0.39, 0.29) is 0 Å². The smallest absolute Gasteiger partial charge is 0.0701 e. The van der Waals surface area contributed by atoms with Crippen molar-refractivity contribution in [3.05, 3.63) is 34.9 Å². The predicted octanol–water partition coefficient (Wildman–Crippen LogP) is 2.91. The minimum Gasteiger partial charge on any atom is -0.382 e. The number of benzene rings is 1. The summed E-state index contributed by atoms with van der Waals surface area (Å²) in [5, 5.41) is 0. The van der Waals surface area contributed by atoms with Gasteiger partial charge >= 0.3 is 0 Å². The molecule has 0 bridgehead atoms. The molecule has 0 saturated heterocycles. The minimum absolute atomic E-state index is 0.653. The Balaban J connectivity index is 0.000000321. The summed E-state index contributed by atoms with van der Waals surface area (Å²) >= 11 is 0. The van der Waals surface area contributed by atoms with Crippen molar-refractivity contribution in [1.29, 1.82) is 0 Å². The van der Waals surface area contributed by atoms with Gasteiger partial charge in [-0.2, -0.15) is 0 Å². The van der Waals surface area contributed by atoms with Crippen LogP contribution in [0.4, 0.5) is 0 Å². The molecule has 0 amide bonds. The normalized spacial score (nSPS) is 9.83. The fourth-order valence-electron chi connectivity index (χ4n) is 1.59. The molecule has 1 rings (SSSR count). The van der Waals surface area contributed by atoms with Gasteiger partial charge in [-0.3, -0.25) is 0 Å². The quantitative estimate of drug-likeness (QED) is 0.731. The lowest BCUT2D eigenvalue weighted by molar-refractivity contribution is 0.0385. The third kappa shape index (κ3) is 10.3. The summed E-state index contributed by atoms with van der Waals surface area (Å²) in [4.78, 5) is 0. The van der Waals surface area contributed by atoms with Gasteiger partial charge in [0.25, 0.3) is 0 Å². The van der Waals surface area contributed by atoms with E-state index >= 15 is 0 Å². The van der Waals surface area contributed by atoms with Crippen LogP contribution >= 0.6 is 0 Å². The van der Waals surface area contributed by atoms with Gasteiger partial charge in [0.2, 0.25) is 0 Å². The van der Waals surface area contributed by atoms with Gasteiger partial charge in [-0.15, -0.1) is 0 Å². The van der Waals surface area contributed by atoms with Crippen LogP contribution in [-0.2, 0) is 14.2 Å². The highest BCUT2D eigenvalue weighted by atomic mass is 16.5. The largest absolute Gasteiger partial charge is 0.382 e. The van der Waals surface area contributed by atoms with Crippen molar-refractivity contribution >= 4 is 0 Å². The van der Waals surface area contributed by atoms with Gasteiger partial charge in [0.15, 0.2) is 0 Å². The van der Waals surface area contributed by atoms with E-state index in [0.29, 0.717) is 26.4 Å². The lowest BCUT2D eigenvalue weighted by atomic mass is 10.1. The van der Waals surface area contributed by atoms with Crippen LogP contribution in [0.25, 0.3) is 0 Å². The number of rotatable bonds is 6. The highest BCUT2D eigenvalue weighted by molar-refractivity contribution is 5.27. The van der Waals surface area contributed by atoms with Crippen LogP contribution in [-0.4, -0.2) is 40.6 Å². The van der Waals surface area contributed by atoms with E-state index in [4.69, 9.17) is 14.2 Å². The lowest BCUT2D eigenvalue weighted by Gasteiger charge is -2.00. The molecule has 0 aliphatic heterocycles. The van der Waals surface area contributed by atoms with Gasteiger partial charge < -0.3 is 14.2 Å². The Morgan fingerprint density at radius 3 is 1.28 bits per heavy atom. The molecule has 0 N–H and O–H groups in total. The van der Waals surface area contributed by atoms with E-state index in [1.807, 2.05) is 0 Å². The van der Waals surface area contributed by atoms with Crippen LogP contribution in [0.5, 0.6) is 0 Å². The van der Waals surface area contributed by atoms with Gasteiger partial charge in [-0.25, -0.2) is 0 Å². The second-order valence-electron chi connectivity index (χ2n) is 4.26. The zero-order valence-electron chi connectivity index (χ0n) is 12.3. The third-order valence-electron chi connectivity index (χ3n) is 2.23. The monoisotopic (exact) mass is 254 g/mol. The lowest BCUT2D eigenvalue weighted by Crippen LogP contribution is -2.06. The molecule has 104 valence electrons. The molecule has 1 aromatic carbocycles. The fraction of sp³-hybridized carbons (Fsp3) is 0.600. The SMILES string of the molecule is COCCOCCOC.Cc1cc(C)cc(C)c1. The van der Waals surface area contributed by atoms with Crippen molar-refractivity contribution in [2.45, 2.75) is 20.8 Å². The Morgan fingerprint density at radius 1 is 0.667 bits per heavy atom. The summed E-state index contributed by atoms with van der Waals surface area (Å²) < 4.78 is 14.6. The number of ether oxygens (including phenoxy) is 3. The first-order valence-electron chi connectivity index (χ1n) is 6.20. The summed E-state index contributed by atoms with van der Waals surface area (Å²) in [5.74, 6) is 0. The van der Waals surface area contributed by atoms with Crippen LogP contribution in [0.1, 0.15) is 16.7 Å². The molecule has 0 aliphatic rings. The maximum Gasteiger partial charge on any atom is 0.0701 e. The highest BCUT2D eigenvalue weighted by Crippen LogP contribution is 2.06. The summed E-state index contributed by atoms with van der Waals surface area (Å²) in [6, 6.07) is 6.56. The van der Waals surface area contributed by atoms with Crippen molar-refractivity contribution in [3.63, 3.8) is 0 Å². The standard InChI is InChI=1S/C9H12.C6H14O3/c1-7-4-8(2)6-9(3)5-7;1-7-3-5-9-6-4-8-2/h4-6H,1-3H3;3-6H2,1-2H3. The average Bonchev–Trinajstić information content (AvgIpc) is 2.28. The van der Waals surface area contributed by atoms with Crippen molar-refractivity contribution in [2.24, 2.45) is 0 Å². The molecular formula is C15H26O3. The maximum atomic E-state index is 5.06. The second-order valence-corrected chi connectivity index (χ2v) is 4.26. The molecule has 0 aromatic heterocycles. The molecule has 0 unspecified atom stereocenters. The molecular weight excluding hydrogens is 228 g/mol. The van der Waals surface area contributed by atoms with E-state index in [2.05, 4.69) is 39.0 Å². The van der Waals surface area contributed by atoms with Gasteiger partial charge in [-0.1, -0.05) is 34.9 Å². The van der Waals surface area contributed by atoms with Crippen LogP contribution in [0, 0.1) is 20.8 Å². The van der Waals surface area contributed by atoms with E-state index in [1.54, 1.807) is 14.2 Å². The zero-order chi connectivity index (χ0) is 13.8. The van der Waals surface area contributed by atoms with Gasteiger partial charge in [0.1, 0.15) is 0 Å². The van der Waals surface area contributed by atoms with Crippen molar-refractivity contribution in [3.8, 4) is 0 Å². The maximum absolute atomic E-state index is 5.06. The number of aryl methyl sites for hydroxylation is 3. The Bertz CT molecular complexity index is 254. The topological polar surface area (TPSA) is 27.7 Å². The molecule has 0 saturated carbocycles. The van der Waals surface area contributed by atoms with E-state index in [0.717, 1.165) is 0 Å². The fourth-order valence-corrected chi connectivity index (χ4v) is 1.59. The molecule has 0 radical (unpaired) electrons. The summed E-state index contributed by atoms with van der Waals surface area (Å²) in [6.45, 7) is 8.99. The second kappa shape index (κ2) is 11.2. The third-order valence-corrected chi connectivity index (χ3v) is 2.23. The van der Waals surface area contributed by atoms with Crippen LogP contribution in [0.2, 0.25) is 0 Å². The van der Waals surface area contributed by atoms with Crippen LogP contribution in [0.15, 0.2) is 18.2 Å². The number of methoxy groups -OCH3 is 2. The van der Waals surface area contributed by atoms with Gasteiger partial charge in [0.05, 0.1) is 26.4 Å². The Hall–Kier alpha value is -0.900. The molecule has 18 heavy (non-hydrogen) atoms. The van der Waals surface area contributed by atoms with E-state index in [9.17, 15) is 0 Å². The Morgan fingerprint density at radius 2 is 1.00 bits per heavy atom. The Labute approximate surface area is 111 Å². The highest BCUT2D eigenvalue weighted by Gasteiger charge is 1.87. The average molecular weight is 254 g/mol. The van der Waals surface area contributed by atoms with Crippen molar-refractivity contribution in [2.75, 3.05) is 40.6 Å². The molecule has 1 aromatic rings. The molecule has 0 fully saturated rings. The molecule has 3 nitrogen and oxygen atoms in total. The predicted molar refractivity (Wildman–Crippen MR) is 75.2 cm³/mol. The Kier molecular flexibility index (Phi) is 10.6. The molecule has 0 spiro atoms. The number of hydrogen-bond acceptors (Lipinski definition) is 3.